The SMILES string of the molecule is CC(C)(CN)C(=O)CCCC(F)(F)F. The minimum atomic E-state index is -4.17. The molecule has 14 heavy (non-hydrogen) atoms. The number of halogens is 3. The monoisotopic (exact) mass is 211 g/mol. The normalized spacial score (nSPS) is 13.0. The van der Waals surface area contributed by atoms with E-state index in [9.17, 15) is 18.0 Å². The number of hydrogen-bond donors (Lipinski definition) is 1. The summed E-state index contributed by atoms with van der Waals surface area (Å²) in [5.41, 5.74) is 4.62. The second kappa shape index (κ2) is 4.77. The summed E-state index contributed by atoms with van der Waals surface area (Å²) in [5.74, 6) is -0.204. The Labute approximate surface area is 81.7 Å². The van der Waals surface area contributed by atoms with Gasteiger partial charge in [0, 0.05) is 24.8 Å². The molecule has 2 N–H and O–H groups in total. The fourth-order valence-corrected chi connectivity index (χ4v) is 0.902. The summed E-state index contributed by atoms with van der Waals surface area (Å²) >= 11 is 0. The zero-order valence-electron chi connectivity index (χ0n) is 8.45. The number of rotatable bonds is 5. The highest BCUT2D eigenvalue weighted by molar-refractivity contribution is 5.84. The Hall–Kier alpha value is -0.580. The molecule has 0 bridgehead atoms. The highest BCUT2D eigenvalue weighted by Gasteiger charge is 2.29. The summed E-state index contributed by atoms with van der Waals surface area (Å²) < 4.78 is 35.2. The van der Waals surface area contributed by atoms with Crippen LogP contribution in [0.1, 0.15) is 33.1 Å². The van der Waals surface area contributed by atoms with Crippen LogP contribution < -0.4 is 5.73 Å². The summed E-state index contributed by atoms with van der Waals surface area (Å²) in [6.07, 6.45) is -5.28. The predicted octanol–water partition coefficient (Wildman–Crippen LogP) is 2.27. The predicted molar refractivity (Wildman–Crippen MR) is 47.7 cm³/mol. The second-order valence-electron chi connectivity index (χ2n) is 3.98. The van der Waals surface area contributed by atoms with E-state index in [2.05, 4.69) is 0 Å². The smallest absolute Gasteiger partial charge is 0.329 e. The summed E-state index contributed by atoms with van der Waals surface area (Å²) in [6, 6.07) is 0. The van der Waals surface area contributed by atoms with Crippen molar-refractivity contribution in [2.45, 2.75) is 39.3 Å². The van der Waals surface area contributed by atoms with Crippen LogP contribution in [-0.4, -0.2) is 18.5 Å². The van der Waals surface area contributed by atoms with Gasteiger partial charge in [-0.3, -0.25) is 4.79 Å². The number of carbonyl (C=O) groups is 1. The second-order valence-corrected chi connectivity index (χ2v) is 3.98. The Bertz CT molecular complexity index is 199. The van der Waals surface area contributed by atoms with E-state index in [1.165, 1.54) is 0 Å². The zero-order chi connectivity index (χ0) is 11.4. The van der Waals surface area contributed by atoms with E-state index in [0.717, 1.165) is 0 Å². The summed E-state index contributed by atoms with van der Waals surface area (Å²) in [6.45, 7) is 3.45. The fraction of sp³-hybridized carbons (Fsp3) is 0.889. The van der Waals surface area contributed by atoms with Crippen LogP contribution in [0.25, 0.3) is 0 Å². The molecule has 0 atom stereocenters. The summed E-state index contributed by atoms with van der Waals surface area (Å²) in [7, 11) is 0. The lowest BCUT2D eigenvalue weighted by Gasteiger charge is -2.20. The molecule has 0 saturated carbocycles. The van der Waals surface area contributed by atoms with Gasteiger partial charge in [-0.1, -0.05) is 13.8 Å². The first kappa shape index (κ1) is 13.4. The molecule has 0 unspecified atom stereocenters. The van der Waals surface area contributed by atoms with Gasteiger partial charge in [-0.25, -0.2) is 0 Å². The minimum Gasteiger partial charge on any atom is -0.329 e. The van der Waals surface area contributed by atoms with Gasteiger partial charge in [0.2, 0.25) is 0 Å². The van der Waals surface area contributed by atoms with Crippen LogP contribution in [0.4, 0.5) is 13.2 Å². The minimum absolute atomic E-state index is 0.0519. The number of nitrogens with two attached hydrogens (primary N) is 1. The van der Waals surface area contributed by atoms with Crippen molar-refractivity contribution < 1.29 is 18.0 Å². The molecule has 84 valence electrons. The molecule has 0 aliphatic carbocycles. The summed E-state index contributed by atoms with van der Waals surface area (Å²) in [5, 5.41) is 0. The van der Waals surface area contributed by atoms with Crippen LogP contribution in [0.5, 0.6) is 0 Å². The summed E-state index contributed by atoms with van der Waals surface area (Å²) in [4.78, 5) is 11.3. The van der Waals surface area contributed by atoms with Crippen molar-refractivity contribution in [2.75, 3.05) is 6.54 Å². The van der Waals surface area contributed by atoms with Crippen molar-refractivity contribution in [3.8, 4) is 0 Å². The Morgan fingerprint density at radius 3 is 2.14 bits per heavy atom. The van der Waals surface area contributed by atoms with Crippen LogP contribution in [-0.2, 0) is 4.79 Å². The molecule has 0 aliphatic heterocycles. The Balaban J connectivity index is 3.87. The molecule has 0 spiro atoms. The van der Waals surface area contributed by atoms with Gasteiger partial charge in [0.25, 0.3) is 0 Å². The number of Topliss-reactive ketones (excluding diaryl/α,β-unsaturated/α-hetero) is 1. The number of alkyl halides is 3. The largest absolute Gasteiger partial charge is 0.389 e. The Morgan fingerprint density at radius 2 is 1.79 bits per heavy atom. The molecule has 0 radical (unpaired) electrons. The van der Waals surface area contributed by atoms with Gasteiger partial charge < -0.3 is 5.73 Å². The van der Waals surface area contributed by atoms with E-state index >= 15 is 0 Å². The molecule has 5 heteroatoms. The molecular weight excluding hydrogens is 195 g/mol. The first-order valence-electron chi connectivity index (χ1n) is 4.49. The number of hydrogen-bond acceptors (Lipinski definition) is 2. The highest BCUT2D eigenvalue weighted by Crippen LogP contribution is 2.24. The van der Waals surface area contributed by atoms with Gasteiger partial charge in [0.05, 0.1) is 0 Å². The van der Waals surface area contributed by atoms with Crippen LogP contribution in [0.15, 0.2) is 0 Å². The van der Waals surface area contributed by atoms with Crippen LogP contribution in [0.3, 0.4) is 0 Å². The van der Waals surface area contributed by atoms with E-state index in [0.29, 0.717) is 0 Å². The molecule has 0 aromatic heterocycles. The molecule has 0 aromatic rings. The van der Waals surface area contributed by atoms with E-state index in [-0.39, 0.29) is 25.2 Å². The third-order valence-corrected chi connectivity index (χ3v) is 2.13. The Kier molecular flexibility index (Phi) is 4.58. The van der Waals surface area contributed by atoms with Crippen molar-refractivity contribution in [2.24, 2.45) is 11.1 Å². The van der Waals surface area contributed by atoms with E-state index in [1.54, 1.807) is 13.8 Å². The van der Waals surface area contributed by atoms with E-state index in [1.807, 2.05) is 0 Å². The van der Waals surface area contributed by atoms with Gasteiger partial charge in [-0.2, -0.15) is 13.2 Å². The standard InChI is InChI=1S/C9H16F3NO/c1-8(2,6-13)7(14)4-3-5-9(10,11)12/h3-6,13H2,1-2H3. The van der Waals surface area contributed by atoms with E-state index in [4.69, 9.17) is 5.73 Å². The lowest BCUT2D eigenvalue weighted by atomic mass is 9.86. The Morgan fingerprint density at radius 1 is 1.29 bits per heavy atom. The highest BCUT2D eigenvalue weighted by atomic mass is 19.4. The molecule has 0 fully saturated rings. The van der Waals surface area contributed by atoms with Crippen LogP contribution in [0.2, 0.25) is 0 Å². The van der Waals surface area contributed by atoms with Gasteiger partial charge in [0.1, 0.15) is 5.78 Å². The maximum absolute atomic E-state index is 11.7. The molecule has 0 aliphatic rings. The molecule has 0 saturated heterocycles. The van der Waals surface area contributed by atoms with Gasteiger partial charge in [0.15, 0.2) is 0 Å². The maximum Gasteiger partial charge on any atom is 0.389 e. The average molecular weight is 211 g/mol. The van der Waals surface area contributed by atoms with E-state index < -0.39 is 18.0 Å². The maximum atomic E-state index is 11.7. The van der Waals surface area contributed by atoms with Crippen molar-refractivity contribution in [3.05, 3.63) is 0 Å². The topological polar surface area (TPSA) is 43.1 Å². The van der Waals surface area contributed by atoms with Crippen molar-refractivity contribution in [3.63, 3.8) is 0 Å². The third-order valence-electron chi connectivity index (χ3n) is 2.13. The van der Waals surface area contributed by atoms with Crippen LogP contribution in [0, 0.1) is 5.41 Å². The van der Waals surface area contributed by atoms with Gasteiger partial charge >= 0.3 is 6.18 Å². The first-order valence-corrected chi connectivity index (χ1v) is 4.49. The van der Waals surface area contributed by atoms with Gasteiger partial charge in [-0.05, 0) is 6.42 Å². The first-order chi connectivity index (χ1) is 6.19. The lowest BCUT2D eigenvalue weighted by molar-refractivity contribution is -0.138. The van der Waals surface area contributed by atoms with Crippen molar-refractivity contribution in [1.29, 1.82) is 0 Å². The molecule has 0 aromatic carbocycles. The lowest BCUT2D eigenvalue weighted by Crippen LogP contribution is -2.32. The van der Waals surface area contributed by atoms with Crippen molar-refractivity contribution in [1.82, 2.24) is 0 Å². The fourth-order valence-electron chi connectivity index (χ4n) is 0.902. The molecule has 0 amide bonds. The van der Waals surface area contributed by atoms with Crippen molar-refractivity contribution >= 4 is 5.78 Å². The number of carbonyl (C=O) groups excluding carboxylic acids is 1. The van der Waals surface area contributed by atoms with Gasteiger partial charge in [-0.15, -0.1) is 0 Å². The quantitative estimate of drug-likeness (QED) is 0.758. The third kappa shape index (κ3) is 5.21. The number of ketones is 1. The molecular formula is C9H16F3NO. The average Bonchev–Trinajstić information content (AvgIpc) is 2.02. The van der Waals surface area contributed by atoms with Crippen LogP contribution >= 0.6 is 0 Å². The molecule has 0 heterocycles. The molecule has 2 nitrogen and oxygen atoms in total. The molecule has 0 rings (SSSR count). The zero-order valence-corrected chi connectivity index (χ0v) is 8.45.